The highest BCUT2D eigenvalue weighted by Gasteiger charge is 2.19. The van der Waals surface area contributed by atoms with Crippen molar-refractivity contribution in [2.24, 2.45) is 0 Å². The second-order valence-corrected chi connectivity index (χ2v) is 13.2. The van der Waals surface area contributed by atoms with Crippen LogP contribution in [0.4, 0.5) is 0 Å². The largest absolute Gasteiger partial charge is 0.456 e. The second kappa shape index (κ2) is 11.2. The topological polar surface area (TPSA) is 65.0 Å². The summed E-state index contributed by atoms with van der Waals surface area (Å²) in [6.07, 6.45) is 0. The smallest absolute Gasteiger partial charge is 0.164 e. The number of furan rings is 2. The van der Waals surface area contributed by atoms with E-state index in [1.54, 1.807) is 0 Å². The van der Waals surface area contributed by atoms with Crippen molar-refractivity contribution in [2.45, 2.75) is 0 Å². The summed E-state index contributed by atoms with van der Waals surface area (Å²) in [7, 11) is 0. The normalized spacial score (nSPS) is 11.8. The van der Waals surface area contributed by atoms with Crippen molar-refractivity contribution in [3.8, 4) is 45.3 Å². The Hall–Kier alpha value is -7.11. The highest BCUT2D eigenvalue weighted by molar-refractivity contribution is 6.19. The number of fused-ring (bicyclic) bond motifs is 9. The molecule has 0 fully saturated rings. The van der Waals surface area contributed by atoms with Crippen molar-refractivity contribution in [1.82, 2.24) is 15.0 Å². The van der Waals surface area contributed by atoms with Gasteiger partial charge < -0.3 is 8.83 Å². The number of hydrogen-bond donors (Lipinski definition) is 0. The average Bonchev–Trinajstić information content (AvgIpc) is 3.78. The van der Waals surface area contributed by atoms with E-state index < -0.39 is 0 Å². The van der Waals surface area contributed by atoms with Crippen LogP contribution in [0, 0.1) is 0 Å². The molecule has 0 N–H and O–H groups in total. The predicted octanol–water partition coefficient (Wildman–Crippen LogP) is 12.6. The minimum atomic E-state index is 0.595. The number of benzene rings is 8. The molecule has 5 nitrogen and oxygen atoms in total. The van der Waals surface area contributed by atoms with Crippen molar-refractivity contribution in [2.75, 3.05) is 0 Å². The van der Waals surface area contributed by atoms with E-state index >= 15 is 0 Å². The quantitative estimate of drug-likeness (QED) is 0.175. The maximum atomic E-state index is 6.34. The summed E-state index contributed by atoms with van der Waals surface area (Å²) in [5.41, 5.74) is 8.34. The Morgan fingerprint density at radius 1 is 0.308 bits per heavy atom. The van der Waals surface area contributed by atoms with Crippen LogP contribution in [0.5, 0.6) is 0 Å². The monoisotopic (exact) mass is 665 g/mol. The van der Waals surface area contributed by atoms with Crippen molar-refractivity contribution in [1.29, 1.82) is 0 Å². The molecule has 5 heteroatoms. The zero-order valence-corrected chi connectivity index (χ0v) is 27.7. The number of nitrogens with zero attached hydrogens (tertiary/aromatic N) is 3. The van der Waals surface area contributed by atoms with Crippen LogP contribution in [-0.4, -0.2) is 15.0 Å². The summed E-state index contributed by atoms with van der Waals surface area (Å²) in [6, 6.07) is 56.4. The van der Waals surface area contributed by atoms with E-state index in [1.807, 2.05) is 72.8 Å². The first-order valence-corrected chi connectivity index (χ1v) is 17.3. The summed E-state index contributed by atoms with van der Waals surface area (Å²) < 4.78 is 12.6. The van der Waals surface area contributed by atoms with Crippen molar-refractivity contribution in [3.05, 3.63) is 164 Å². The van der Waals surface area contributed by atoms with Gasteiger partial charge in [0.25, 0.3) is 0 Å². The molecule has 0 aliphatic heterocycles. The zero-order chi connectivity index (χ0) is 34.2. The molecule has 8 aromatic carbocycles. The van der Waals surface area contributed by atoms with Crippen LogP contribution >= 0.6 is 0 Å². The molecule has 0 saturated carbocycles. The molecule has 0 aliphatic rings. The van der Waals surface area contributed by atoms with Crippen LogP contribution in [0.2, 0.25) is 0 Å². The van der Waals surface area contributed by atoms with E-state index in [0.717, 1.165) is 77.1 Å². The first-order chi connectivity index (χ1) is 25.7. The Balaban J connectivity index is 1.12. The third kappa shape index (κ3) is 4.46. The summed E-state index contributed by atoms with van der Waals surface area (Å²) in [5.74, 6) is 1.81. The summed E-state index contributed by atoms with van der Waals surface area (Å²) >= 11 is 0. The fourth-order valence-corrected chi connectivity index (χ4v) is 7.70. The molecular weight excluding hydrogens is 639 g/mol. The van der Waals surface area contributed by atoms with Gasteiger partial charge in [0.15, 0.2) is 17.5 Å². The van der Waals surface area contributed by atoms with E-state index in [-0.39, 0.29) is 0 Å². The average molecular weight is 666 g/mol. The standard InChI is InChI=1S/C47H27N3O2/c1-2-11-29(12-3-1)45-48-46(50-47(49-45)36-19-10-22-41-44(36)35-17-5-7-21-40(35)51-41)32-15-8-14-30(25-32)33-18-9-13-28-23-24-31-26-38-34-16-4-6-20-39(34)52-42(38)27-37(31)43(28)33/h1-27H. The maximum Gasteiger partial charge on any atom is 0.164 e. The van der Waals surface area contributed by atoms with Gasteiger partial charge in [0.1, 0.15) is 22.3 Å². The third-order valence-corrected chi connectivity index (χ3v) is 10.1. The molecule has 0 radical (unpaired) electrons. The number of rotatable bonds is 4. The van der Waals surface area contributed by atoms with E-state index in [2.05, 4.69) is 91.0 Å². The Morgan fingerprint density at radius 3 is 1.81 bits per heavy atom. The van der Waals surface area contributed by atoms with Gasteiger partial charge in [0.2, 0.25) is 0 Å². The van der Waals surface area contributed by atoms with Gasteiger partial charge in [-0.1, -0.05) is 127 Å². The summed E-state index contributed by atoms with van der Waals surface area (Å²) in [4.78, 5) is 15.3. The Bertz CT molecular complexity index is 3190. The Kier molecular flexibility index (Phi) is 6.18. The first-order valence-electron chi connectivity index (χ1n) is 17.3. The maximum absolute atomic E-state index is 6.34. The fourth-order valence-electron chi connectivity index (χ4n) is 7.70. The SMILES string of the molecule is c1ccc(-c2nc(-c3cccc(-c4cccc5ccc6cc7c(cc6c45)oc4ccccc47)c3)nc(-c3cccc4oc5ccccc5c34)n2)cc1. The summed E-state index contributed by atoms with van der Waals surface area (Å²) in [6.45, 7) is 0. The number of aromatic nitrogens is 3. The van der Waals surface area contributed by atoms with Crippen LogP contribution in [0.3, 0.4) is 0 Å². The second-order valence-electron chi connectivity index (χ2n) is 13.2. The van der Waals surface area contributed by atoms with E-state index in [9.17, 15) is 0 Å². The molecule has 0 bridgehead atoms. The molecule has 0 amide bonds. The Morgan fingerprint density at radius 2 is 0.923 bits per heavy atom. The van der Waals surface area contributed by atoms with Gasteiger partial charge in [-0.25, -0.2) is 15.0 Å². The molecule has 0 aliphatic carbocycles. The third-order valence-electron chi connectivity index (χ3n) is 10.1. The molecule has 3 heterocycles. The molecule has 0 unspecified atom stereocenters. The lowest BCUT2D eigenvalue weighted by Crippen LogP contribution is -2.00. The van der Waals surface area contributed by atoms with Gasteiger partial charge in [-0.15, -0.1) is 0 Å². The molecular formula is C47H27N3O2. The van der Waals surface area contributed by atoms with E-state index in [0.29, 0.717) is 17.5 Å². The number of hydrogen-bond acceptors (Lipinski definition) is 5. The van der Waals surface area contributed by atoms with Crippen LogP contribution in [0.25, 0.3) is 111 Å². The molecule has 242 valence electrons. The van der Waals surface area contributed by atoms with Crippen LogP contribution in [0.15, 0.2) is 173 Å². The van der Waals surface area contributed by atoms with Gasteiger partial charge in [-0.3, -0.25) is 0 Å². The van der Waals surface area contributed by atoms with Crippen LogP contribution in [0.1, 0.15) is 0 Å². The lowest BCUT2D eigenvalue weighted by molar-refractivity contribution is 0.669. The molecule has 52 heavy (non-hydrogen) atoms. The molecule has 0 saturated heterocycles. The minimum absolute atomic E-state index is 0.595. The van der Waals surface area contributed by atoms with E-state index in [1.165, 1.54) is 16.2 Å². The van der Waals surface area contributed by atoms with Crippen molar-refractivity contribution < 1.29 is 8.83 Å². The molecule has 3 aromatic heterocycles. The fraction of sp³-hybridized carbons (Fsp3) is 0. The van der Waals surface area contributed by atoms with Gasteiger partial charge >= 0.3 is 0 Å². The lowest BCUT2D eigenvalue weighted by Gasteiger charge is -2.13. The van der Waals surface area contributed by atoms with Gasteiger partial charge in [-0.2, -0.15) is 0 Å². The molecule has 0 spiro atoms. The molecule has 11 rings (SSSR count). The minimum Gasteiger partial charge on any atom is -0.456 e. The predicted molar refractivity (Wildman–Crippen MR) is 211 cm³/mol. The zero-order valence-electron chi connectivity index (χ0n) is 27.7. The van der Waals surface area contributed by atoms with Crippen LogP contribution < -0.4 is 0 Å². The van der Waals surface area contributed by atoms with Crippen LogP contribution in [-0.2, 0) is 0 Å². The highest BCUT2D eigenvalue weighted by atomic mass is 16.3. The summed E-state index contributed by atoms with van der Waals surface area (Å²) in [5, 5.41) is 8.94. The van der Waals surface area contributed by atoms with Crippen molar-refractivity contribution >= 4 is 65.4 Å². The molecule has 0 atom stereocenters. The van der Waals surface area contributed by atoms with Crippen molar-refractivity contribution in [3.63, 3.8) is 0 Å². The molecule has 11 aromatic rings. The van der Waals surface area contributed by atoms with Gasteiger partial charge in [0, 0.05) is 38.2 Å². The van der Waals surface area contributed by atoms with E-state index in [4.69, 9.17) is 23.8 Å². The van der Waals surface area contributed by atoms with Gasteiger partial charge in [-0.05, 0) is 69.1 Å². The van der Waals surface area contributed by atoms with Gasteiger partial charge in [0.05, 0.1) is 0 Å². The highest BCUT2D eigenvalue weighted by Crippen LogP contribution is 2.40. The lowest BCUT2D eigenvalue weighted by atomic mass is 9.92. The first kappa shape index (κ1) is 28.7. The number of para-hydroxylation sites is 2. The Labute approximate surface area is 297 Å².